The van der Waals surface area contributed by atoms with E-state index in [1.165, 1.54) is 24.5 Å². The summed E-state index contributed by atoms with van der Waals surface area (Å²) >= 11 is 5.74. The lowest BCUT2D eigenvalue weighted by Crippen LogP contribution is -2.28. The fourth-order valence-corrected chi connectivity index (χ4v) is 3.13. The van der Waals surface area contributed by atoms with Crippen molar-refractivity contribution in [1.29, 1.82) is 0 Å². The maximum atomic E-state index is 13.3. The molecule has 0 unspecified atom stereocenters. The van der Waals surface area contributed by atoms with Crippen molar-refractivity contribution in [3.05, 3.63) is 80.9 Å². The van der Waals surface area contributed by atoms with Crippen molar-refractivity contribution < 1.29 is 18.4 Å². The second-order valence-electron chi connectivity index (χ2n) is 6.00. The summed E-state index contributed by atoms with van der Waals surface area (Å²) in [6, 6.07) is 10.3. The van der Waals surface area contributed by atoms with Crippen LogP contribution in [-0.2, 0) is 9.59 Å². The number of anilines is 1. The molecule has 0 atom stereocenters. The summed E-state index contributed by atoms with van der Waals surface area (Å²) in [4.78, 5) is 38.4. The number of imide groups is 1. The smallest absolute Gasteiger partial charge is 0.261 e. The highest BCUT2D eigenvalue weighted by atomic mass is 35.5. The van der Waals surface area contributed by atoms with Crippen LogP contribution in [0, 0.1) is 5.82 Å². The van der Waals surface area contributed by atoms with Gasteiger partial charge in [0.25, 0.3) is 5.91 Å². The highest BCUT2D eigenvalue weighted by molar-refractivity contribution is 6.32. The summed E-state index contributed by atoms with van der Waals surface area (Å²) in [6.07, 6.45) is 2.43. The molecule has 27 heavy (non-hydrogen) atoms. The fraction of sp³-hybridized carbons (Fsp3) is 0.0500. The predicted molar refractivity (Wildman–Crippen MR) is 99.0 cm³/mol. The van der Waals surface area contributed by atoms with Gasteiger partial charge in [-0.05, 0) is 36.4 Å². The number of hydrogen-bond acceptors (Lipinski definition) is 4. The van der Waals surface area contributed by atoms with Crippen LogP contribution in [-0.4, -0.2) is 11.8 Å². The molecule has 4 rings (SSSR count). The van der Waals surface area contributed by atoms with Crippen LogP contribution in [0.1, 0.15) is 12.0 Å². The lowest BCUT2D eigenvalue weighted by molar-refractivity contribution is -0.120. The van der Waals surface area contributed by atoms with Crippen LogP contribution in [0.2, 0.25) is 5.02 Å². The number of para-hydroxylation sites is 1. The number of hydrogen-bond donors (Lipinski definition) is 0. The van der Waals surface area contributed by atoms with Gasteiger partial charge in [-0.15, -0.1) is 0 Å². The normalized spacial score (nSPS) is 15.9. The average molecular weight is 384 g/mol. The summed E-state index contributed by atoms with van der Waals surface area (Å²) in [7, 11) is 0. The van der Waals surface area contributed by atoms with Gasteiger partial charge in [-0.2, -0.15) is 0 Å². The third-order valence-electron chi connectivity index (χ3n) is 4.27. The van der Waals surface area contributed by atoms with Crippen LogP contribution < -0.4 is 10.3 Å². The second-order valence-corrected chi connectivity index (χ2v) is 6.40. The van der Waals surface area contributed by atoms with E-state index in [2.05, 4.69) is 0 Å². The molecule has 1 saturated heterocycles. The lowest BCUT2D eigenvalue weighted by atomic mass is 10.1. The zero-order valence-corrected chi connectivity index (χ0v) is 14.5. The van der Waals surface area contributed by atoms with E-state index in [0.717, 1.165) is 11.0 Å². The van der Waals surface area contributed by atoms with Gasteiger partial charge in [0, 0.05) is 5.57 Å². The van der Waals surface area contributed by atoms with Crippen LogP contribution in [0.4, 0.5) is 10.1 Å². The monoisotopic (exact) mass is 383 g/mol. The number of nitrogens with zero attached hydrogens (tertiary/aromatic N) is 1. The van der Waals surface area contributed by atoms with Crippen molar-refractivity contribution in [3.63, 3.8) is 0 Å². The van der Waals surface area contributed by atoms with Gasteiger partial charge in [0.15, 0.2) is 5.43 Å². The zero-order chi connectivity index (χ0) is 19.1. The van der Waals surface area contributed by atoms with Crippen LogP contribution in [0.5, 0.6) is 0 Å². The summed E-state index contributed by atoms with van der Waals surface area (Å²) in [5.74, 6) is -1.72. The van der Waals surface area contributed by atoms with E-state index >= 15 is 0 Å². The van der Waals surface area contributed by atoms with Crippen molar-refractivity contribution in [2.24, 2.45) is 0 Å². The molecule has 134 valence electrons. The average Bonchev–Trinajstić information content (AvgIpc) is 2.93. The number of rotatable bonds is 2. The first-order valence-corrected chi connectivity index (χ1v) is 8.37. The fourth-order valence-electron chi connectivity index (χ4n) is 2.95. The first-order chi connectivity index (χ1) is 13.0. The molecular weight excluding hydrogens is 373 g/mol. The standard InChI is InChI=1S/C20H11ClFNO4/c21-15-9-13(5-6-16(15)22)23-18(24)8-11(20(23)26)7-12-10-27-17-4-2-1-3-14(17)19(12)25/h1-7,9-10H,8H2. The topological polar surface area (TPSA) is 67.6 Å². The number of carbonyl (C=O) groups excluding carboxylic acids is 2. The van der Waals surface area contributed by atoms with E-state index in [-0.39, 0.29) is 33.7 Å². The molecule has 1 fully saturated rings. The largest absolute Gasteiger partial charge is 0.463 e. The summed E-state index contributed by atoms with van der Waals surface area (Å²) in [5, 5.41) is 0.187. The molecule has 7 heteroatoms. The number of amides is 2. The molecule has 0 aliphatic carbocycles. The van der Waals surface area contributed by atoms with Gasteiger partial charge in [-0.1, -0.05) is 23.7 Å². The minimum atomic E-state index is -0.649. The quantitative estimate of drug-likeness (QED) is 0.496. The summed E-state index contributed by atoms with van der Waals surface area (Å²) < 4.78 is 18.8. The lowest BCUT2D eigenvalue weighted by Gasteiger charge is -2.13. The summed E-state index contributed by atoms with van der Waals surface area (Å²) in [5.41, 5.74) is 0.617. The molecular formula is C20H11ClFNO4. The Morgan fingerprint density at radius 2 is 1.89 bits per heavy atom. The predicted octanol–water partition coefficient (Wildman–Crippen LogP) is 3.93. The van der Waals surface area contributed by atoms with Crippen LogP contribution >= 0.6 is 11.6 Å². The molecule has 2 aromatic carbocycles. The van der Waals surface area contributed by atoms with Crippen molar-refractivity contribution in [2.75, 3.05) is 4.90 Å². The Labute approximate surface area is 157 Å². The molecule has 0 N–H and O–H groups in total. The van der Waals surface area contributed by atoms with E-state index < -0.39 is 17.6 Å². The number of halogens is 2. The Hall–Kier alpha value is -3.25. The van der Waals surface area contributed by atoms with Crippen LogP contribution in [0.15, 0.2) is 63.5 Å². The van der Waals surface area contributed by atoms with E-state index in [4.69, 9.17) is 16.0 Å². The number of carbonyl (C=O) groups is 2. The first kappa shape index (κ1) is 17.2. The Balaban J connectivity index is 1.74. The van der Waals surface area contributed by atoms with E-state index in [9.17, 15) is 18.8 Å². The van der Waals surface area contributed by atoms with Gasteiger partial charge in [0.1, 0.15) is 17.7 Å². The molecule has 0 saturated carbocycles. The van der Waals surface area contributed by atoms with Crippen molar-refractivity contribution in [1.82, 2.24) is 0 Å². The van der Waals surface area contributed by atoms with E-state index in [1.54, 1.807) is 24.3 Å². The first-order valence-electron chi connectivity index (χ1n) is 7.99. The summed E-state index contributed by atoms with van der Waals surface area (Å²) in [6.45, 7) is 0. The van der Waals surface area contributed by atoms with Crippen molar-refractivity contribution >= 4 is 46.1 Å². The Bertz CT molecular complexity index is 1200. The van der Waals surface area contributed by atoms with Gasteiger partial charge in [0.2, 0.25) is 5.91 Å². The SMILES string of the molecule is O=C1CC(=Cc2coc3ccccc3c2=O)C(=O)N1c1ccc(F)c(Cl)c1. The molecule has 2 amide bonds. The third kappa shape index (κ3) is 2.94. The maximum absolute atomic E-state index is 13.3. The van der Waals surface area contributed by atoms with Crippen LogP contribution in [0.25, 0.3) is 17.0 Å². The third-order valence-corrected chi connectivity index (χ3v) is 4.56. The Morgan fingerprint density at radius 3 is 2.67 bits per heavy atom. The van der Waals surface area contributed by atoms with Gasteiger partial charge >= 0.3 is 0 Å². The molecule has 0 bridgehead atoms. The van der Waals surface area contributed by atoms with Gasteiger partial charge in [-0.25, -0.2) is 9.29 Å². The molecule has 0 radical (unpaired) electrons. The highest BCUT2D eigenvalue weighted by Gasteiger charge is 2.35. The van der Waals surface area contributed by atoms with Crippen molar-refractivity contribution in [3.8, 4) is 0 Å². The molecule has 1 aliphatic heterocycles. The molecule has 2 heterocycles. The maximum Gasteiger partial charge on any atom is 0.261 e. The molecule has 5 nitrogen and oxygen atoms in total. The zero-order valence-electron chi connectivity index (χ0n) is 13.7. The second kappa shape index (κ2) is 6.48. The Morgan fingerprint density at radius 1 is 1.11 bits per heavy atom. The number of fused-ring (bicyclic) bond motifs is 1. The number of benzene rings is 2. The molecule has 3 aromatic rings. The van der Waals surface area contributed by atoms with Crippen LogP contribution in [0.3, 0.4) is 0 Å². The van der Waals surface area contributed by atoms with E-state index in [0.29, 0.717) is 11.0 Å². The minimum Gasteiger partial charge on any atom is -0.463 e. The highest BCUT2D eigenvalue weighted by Crippen LogP contribution is 2.30. The van der Waals surface area contributed by atoms with Gasteiger partial charge in [0.05, 0.1) is 28.1 Å². The Kier molecular flexibility index (Phi) is 4.12. The van der Waals surface area contributed by atoms with Gasteiger partial charge < -0.3 is 4.42 Å². The van der Waals surface area contributed by atoms with Gasteiger partial charge in [-0.3, -0.25) is 14.4 Å². The minimum absolute atomic E-state index is 0.142. The van der Waals surface area contributed by atoms with E-state index in [1.807, 2.05) is 0 Å². The van der Waals surface area contributed by atoms with Crippen molar-refractivity contribution in [2.45, 2.75) is 6.42 Å². The molecule has 1 aromatic heterocycles. The molecule has 1 aliphatic rings. The molecule has 0 spiro atoms.